The summed E-state index contributed by atoms with van der Waals surface area (Å²) in [5, 5.41) is 10.2. The quantitative estimate of drug-likeness (QED) is 0.777. The summed E-state index contributed by atoms with van der Waals surface area (Å²) in [6, 6.07) is 8.58. The van der Waals surface area contributed by atoms with Gasteiger partial charge in [0.2, 0.25) is 0 Å². The van der Waals surface area contributed by atoms with E-state index in [1.165, 1.54) is 7.11 Å². The van der Waals surface area contributed by atoms with E-state index in [0.717, 1.165) is 5.39 Å². The zero-order valence-electron chi connectivity index (χ0n) is 8.80. The molecule has 0 fully saturated rings. The Morgan fingerprint density at radius 3 is 2.88 bits per heavy atom. The largest absolute Gasteiger partial charge is 0.508 e. The van der Waals surface area contributed by atoms with Crippen molar-refractivity contribution in [2.24, 2.45) is 0 Å². The maximum atomic E-state index is 11.1. The normalized spacial score (nSPS) is 10.3. The first kappa shape index (κ1) is 10.4. The number of fused-ring (bicyclic) bond motifs is 1. The number of phenols is 1. The van der Waals surface area contributed by atoms with E-state index in [1.807, 2.05) is 6.07 Å². The van der Waals surface area contributed by atoms with Crippen molar-refractivity contribution in [1.82, 2.24) is 4.98 Å². The molecule has 2 rings (SSSR count). The van der Waals surface area contributed by atoms with Crippen LogP contribution in [0.15, 0.2) is 30.3 Å². The summed E-state index contributed by atoms with van der Waals surface area (Å²) in [6.45, 7) is 0. The standard InChI is InChI=1S/C12H11NO3/c1-16-12(15)6-9-4-2-8-3-5-10(14)7-11(8)13-9/h2-5,7,14H,6H2,1H3. The van der Waals surface area contributed by atoms with E-state index >= 15 is 0 Å². The molecule has 4 nitrogen and oxygen atoms in total. The number of benzene rings is 1. The predicted octanol–water partition coefficient (Wildman–Crippen LogP) is 1.66. The first-order chi connectivity index (χ1) is 7.69. The second-order valence-electron chi connectivity index (χ2n) is 3.43. The van der Waals surface area contributed by atoms with Crippen molar-refractivity contribution in [3.8, 4) is 5.75 Å². The Morgan fingerprint density at radius 2 is 2.12 bits per heavy atom. The van der Waals surface area contributed by atoms with Crippen molar-refractivity contribution < 1.29 is 14.6 Å². The number of esters is 1. The summed E-state index contributed by atoms with van der Waals surface area (Å²) in [6.07, 6.45) is 0.141. The average molecular weight is 217 g/mol. The van der Waals surface area contributed by atoms with Gasteiger partial charge in [0.05, 0.1) is 24.7 Å². The molecule has 0 unspecified atom stereocenters. The van der Waals surface area contributed by atoms with Crippen molar-refractivity contribution in [3.63, 3.8) is 0 Å². The molecular formula is C12H11NO3. The van der Waals surface area contributed by atoms with E-state index in [-0.39, 0.29) is 18.1 Å². The van der Waals surface area contributed by atoms with Crippen LogP contribution in [0.4, 0.5) is 0 Å². The number of ether oxygens (including phenoxy) is 1. The minimum Gasteiger partial charge on any atom is -0.508 e. The Balaban J connectivity index is 2.39. The summed E-state index contributed by atoms with van der Waals surface area (Å²) in [4.78, 5) is 15.3. The molecule has 82 valence electrons. The molecule has 0 aliphatic carbocycles. The predicted molar refractivity (Wildman–Crippen MR) is 59.1 cm³/mol. The number of carbonyl (C=O) groups excluding carboxylic acids is 1. The van der Waals surface area contributed by atoms with Crippen LogP contribution < -0.4 is 0 Å². The second-order valence-corrected chi connectivity index (χ2v) is 3.43. The van der Waals surface area contributed by atoms with Crippen LogP contribution in [0.25, 0.3) is 10.9 Å². The summed E-state index contributed by atoms with van der Waals surface area (Å²) in [5.41, 5.74) is 1.30. The van der Waals surface area contributed by atoms with Crippen molar-refractivity contribution in [1.29, 1.82) is 0 Å². The van der Waals surface area contributed by atoms with E-state index in [9.17, 15) is 9.90 Å². The molecule has 0 aliphatic heterocycles. The highest BCUT2D eigenvalue weighted by Crippen LogP contribution is 2.18. The lowest BCUT2D eigenvalue weighted by Crippen LogP contribution is -2.05. The third-order valence-corrected chi connectivity index (χ3v) is 2.29. The molecule has 0 bridgehead atoms. The van der Waals surface area contributed by atoms with E-state index in [0.29, 0.717) is 11.2 Å². The molecule has 0 atom stereocenters. The molecule has 0 spiro atoms. The van der Waals surface area contributed by atoms with Crippen LogP contribution in [-0.4, -0.2) is 23.2 Å². The number of methoxy groups -OCH3 is 1. The van der Waals surface area contributed by atoms with Gasteiger partial charge < -0.3 is 9.84 Å². The topological polar surface area (TPSA) is 59.4 Å². The summed E-state index contributed by atoms with van der Waals surface area (Å²) in [7, 11) is 1.34. The lowest BCUT2D eigenvalue weighted by atomic mass is 10.2. The number of aromatic nitrogens is 1. The number of carbonyl (C=O) groups is 1. The van der Waals surface area contributed by atoms with Crippen LogP contribution >= 0.6 is 0 Å². The monoisotopic (exact) mass is 217 g/mol. The van der Waals surface area contributed by atoms with Gasteiger partial charge in [-0.2, -0.15) is 0 Å². The first-order valence-corrected chi connectivity index (χ1v) is 4.84. The Morgan fingerprint density at radius 1 is 1.38 bits per heavy atom. The lowest BCUT2D eigenvalue weighted by molar-refractivity contribution is -0.139. The number of aromatic hydroxyl groups is 1. The molecular weight excluding hydrogens is 206 g/mol. The number of hydrogen-bond acceptors (Lipinski definition) is 4. The van der Waals surface area contributed by atoms with Gasteiger partial charge in [0.15, 0.2) is 0 Å². The zero-order chi connectivity index (χ0) is 11.5. The molecule has 2 aromatic rings. The zero-order valence-corrected chi connectivity index (χ0v) is 8.80. The number of hydrogen-bond donors (Lipinski definition) is 1. The number of nitrogens with zero attached hydrogens (tertiary/aromatic N) is 1. The van der Waals surface area contributed by atoms with Crippen molar-refractivity contribution in [3.05, 3.63) is 36.0 Å². The maximum absolute atomic E-state index is 11.1. The van der Waals surface area contributed by atoms with Crippen molar-refractivity contribution >= 4 is 16.9 Å². The molecule has 1 aromatic heterocycles. The van der Waals surface area contributed by atoms with Gasteiger partial charge in [0.1, 0.15) is 5.75 Å². The highest BCUT2D eigenvalue weighted by Gasteiger charge is 2.05. The minimum atomic E-state index is -0.327. The number of phenolic OH excluding ortho intramolecular Hbond substituents is 1. The fourth-order valence-electron chi connectivity index (χ4n) is 1.47. The second kappa shape index (κ2) is 4.18. The van der Waals surface area contributed by atoms with Gasteiger partial charge in [-0.3, -0.25) is 9.78 Å². The van der Waals surface area contributed by atoms with Crippen LogP contribution in [0.1, 0.15) is 5.69 Å². The van der Waals surface area contributed by atoms with Gasteiger partial charge in [0.25, 0.3) is 0 Å². The molecule has 1 aromatic carbocycles. The molecule has 0 aliphatic rings. The molecule has 16 heavy (non-hydrogen) atoms. The van der Waals surface area contributed by atoms with Crippen molar-refractivity contribution in [2.75, 3.05) is 7.11 Å². The number of pyridine rings is 1. The molecule has 0 saturated carbocycles. The van der Waals surface area contributed by atoms with Gasteiger partial charge in [-0.1, -0.05) is 6.07 Å². The third kappa shape index (κ3) is 2.11. The van der Waals surface area contributed by atoms with Crippen LogP contribution in [-0.2, 0) is 16.0 Å². The maximum Gasteiger partial charge on any atom is 0.311 e. The van der Waals surface area contributed by atoms with Gasteiger partial charge in [-0.05, 0) is 18.2 Å². The average Bonchev–Trinajstić information content (AvgIpc) is 2.28. The number of rotatable bonds is 2. The van der Waals surface area contributed by atoms with Gasteiger partial charge >= 0.3 is 5.97 Å². The Kier molecular flexibility index (Phi) is 2.72. The molecule has 1 heterocycles. The summed E-state index contributed by atoms with van der Waals surface area (Å²) in [5.74, 6) is -0.165. The Hall–Kier alpha value is -2.10. The highest BCUT2D eigenvalue weighted by atomic mass is 16.5. The third-order valence-electron chi connectivity index (χ3n) is 2.29. The van der Waals surface area contributed by atoms with Gasteiger partial charge in [-0.25, -0.2) is 0 Å². The van der Waals surface area contributed by atoms with Crippen LogP contribution in [0.2, 0.25) is 0 Å². The molecule has 0 radical (unpaired) electrons. The fraction of sp³-hybridized carbons (Fsp3) is 0.167. The van der Waals surface area contributed by atoms with E-state index < -0.39 is 0 Å². The van der Waals surface area contributed by atoms with E-state index in [1.54, 1.807) is 24.3 Å². The van der Waals surface area contributed by atoms with Gasteiger partial charge in [-0.15, -0.1) is 0 Å². The first-order valence-electron chi connectivity index (χ1n) is 4.84. The fourth-order valence-corrected chi connectivity index (χ4v) is 1.47. The summed E-state index contributed by atoms with van der Waals surface area (Å²) >= 11 is 0. The molecule has 1 N–H and O–H groups in total. The Labute approximate surface area is 92.5 Å². The van der Waals surface area contributed by atoms with Crippen LogP contribution in [0.3, 0.4) is 0 Å². The van der Waals surface area contributed by atoms with Crippen molar-refractivity contribution in [2.45, 2.75) is 6.42 Å². The summed E-state index contributed by atoms with van der Waals surface area (Å²) < 4.78 is 4.56. The highest BCUT2D eigenvalue weighted by molar-refractivity contribution is 5.81. The SMILES string of the molecule is COC(=O)Cc1ccc2ccc(O)cc2n1. The van der Waals surface area contributed by atoms with Gasteiger partial charge in [0, 0.05) is 11.5 Å². The Bertz CT molecular complexity index is 537. The van der Waals surface area contributed by atoms with E-state index in [2.05, 4.69) is 9.72 Å². The van der Waals surface area contributed by atoms with Crippen LogP contribution in [0, 0.1) is 0 Å². The van der Waals surface area contributed by atoms with E-state index in [4.69, 9.17) is 0 Å². The smallest absolute Gasteiger partial charge is 0.311 e. The molecule has 0 amide bonds. The minimum absolute atomic E-state index is 0.141. The molecule has 0 saturated heterocycles. The molecule has 4 heteroatoms. The lowest BCUT2D eigenvalue weighted by Gasteiger charge is -2.02. The van der Waals surface area contributed by atoms with Crippen LogP contribution in [0.5, 0.6) is 5.75 Å².